The highest BCUT2D eigenvalue weighted by atomic mass is 16.5. The minimum Gasteiger partial charge on any atom is -0.501 e. The molecule has 0 amide bonds. The summed E-state index contributed by atoms with van der Waals surface area (Å²) in [6.07, 6.45) is 10.8. The molecule has 0 heterocycles. The van der Waals surface area contributed by atoms with Crippen molar-refractivity contribution in [1.29, 1.82) is 0 Å². The van der Waals surface area contributed by atoms with Crippen LogP contribution in [0.25, 0.3) is 0 Å². The summed E-state index contributed by atoms with van der Waals surface area (Å²) in [5, 5.41) is 0. The van der Waals surface area contributed by atoms with Crippen molar-refractivity contribution in [1.82, 2.24) is 0 Å². The van der Waals surface area contributed by atoms with Gasteiger partial charge in [0, 0.05) is 12.0 Å². The Balaban J connectivity index is 2.36. The zero-order chi connectivity index (χ0) is 15.5. The largest absolute Gasteiger partial charge is 0.501 e. The van der Waals surface area contributed by atoms with Crippen LogP contribution < -0.4 is 0 Å². The third kappa shape index (κ3) is 3.64. The average Bonchev–Trinajstić information content (AvgIpc) is 2.63. The van der Waals surface area contributed by atoms with Gasteiger partial charge in [0.05, 0.1) is 14.2 Å². The van der Waals surface area contributed by atoms with Crippen molar-refractivity contribution < 1.29 is 9.47 Å². The molecule has 0 bridgehead atoms. The van der Waals surface area contributed by atoms with Crippen LogP contribution in [0.3, 0.4) is 0 Å². The van der Waals surface area contributed by atoms with Gasteiger partial charge in [-0.2, -0.15) is 0 Å². The summed E-state index contributed by atoms with van der Waals surface area (Å²) in [5.74, 6) is 3.57. The maximum atomic E-state index is 5.73. The predicted octanol–water partition coefficient (Wildman–Crippen LogP) is 5.45. The zero-order valence-electron chi connectivity index (χ0n) is 14.5. The number of methoxy groups -OCH3 is 2. The zero-order valence-corrected chi connectivity index (χ0v) is 14.5. The van der Waals surface area contributed by atoms with Gasteiger partial charge >= 0.3 is 0 Å². The van der Waals surface area contributed by atoms with Crippen LogP contribution in [0.15, 0.2) is 23.2 Å². The molecule has 0 radical (unpaired) electrons. The third-order valence-corrected chi connectivity index (χ3v) is 5.38. The quantitative estimate of drug-likeness (QED) is 0.641. The van der Waals surface area contributed by atoms with Crippen molar-refractivity contribution in [2.24, 2.45) is 17.3 Å². The molecule has 0 aliphatic heterocycles. The second-order valence-electron chi connectivity index (χ2n) is 7.39. The van der Waals surface area contributed by atoms with Crippen molar-refractivity contribution >= 4 is 0 Å². The van der Waals surface area contributed by atoms with Crippen molar-refractivity contribution in [2.45, 2.75) is 65.7 Å². The van der Waals surface area contributed by atoms with Gasteiger partial charge in [0.2, 0.25) is 0 Å². The maximum absolute atomic E-state index is 5.73. The Kier molecular flexibility index (Phi) is 5.40. The lowest BCUT2D eigenvalue weighted by molar-refractivity contribution is 0.205. The van der Waals surface area contributed by atoms with Gasteiger partial charge in [-0.3, -0.25) is 0 Å². The smallest absolute Gasteiger partial charge is 0.121 e. The molecule has 0 saturated heterocycles. The van der Waals surface area contributed by atoms with Crippen molar-refractivity contribution in [3.8, 4) is 0 Å². The van der Waals surface area contributed by atoms with Gasteiger partial charge in [0.1, 0.15) is 11.5 Å². The molecule has 2 atom stereocenters. The van der Waals surface area contributed by atoms with E-state index in [-0.39, 0.29) is 0 Å². The summed E-state index contributed by atoms with van der Waals surface area (Å²) >= 11 is 0. The van der Waals surface area contributed by atoms with Crippen LogP contribution in [0.1, 0.15) is 65.7 Å². The molecule has 2 heteroatoms. The number of hydrogen-bond acceptors (Lipinski definition) is 2. The number of ether oxygens (including phenoxy) is 2. The molecule has 2 aliphatic carbocycles. The first-order valence-corrected chi connectivity index (χ1v) is 8.54. The van der Waals surface area contributed by atoms with Gasteiger partial charge in [-0.25, -0.2) is 0 Å². The van der Waals surface area contributed by atoms with E-state index >= 15 is 0 Å². The summed E-state index contributed by atoms with van der Waals surface area (Å²) in [6.45, 7) is 7.19. The minimum atomic E-state index is 0.467. The normalized spacial score (nSPS) is 29.7. The molecule has 2 unspecified atom stereocenters. The molecule has 2 nitrogen and oxygen atoms in total. The van der Waals surface area contributed by atoms with E-state index in [1.54, 1.807) is 7.11 Å². The van der Waals surface area contributed by atoms with Gasteiger partial charge in [-0.15, -0.1) is 0 Å². The lowest BCUT2D eigenvalue weighted by atomic mass is 9.74. The van der Waals surface area contributed by atoms with Gasteiger partial charge in [0.15, 0.2) is 0 Å². The third-order valence-electron chi connectivity index (χ3n) is 5.38. The standard InChI is InChI=1S/C19H32O2/c1-6-14-13-19(2,3)12-8-9-15(14)18-16(20-4)10-7-11-17(18)21-5/h10,14-15H,6-9,11-13H2,1-5H3. The van der Waals surface area contributed by atoms with Crippen LogP contribution in [0.5, 0.6) is 0 Å². The second-order valence-corrected chi connectivity index (χ2v) is 7.39. The average molecular weight is 292 g/mol. The fourth-order valence-electron chi connectivity index (χ4n) is 4.31. The SMILES string of the molecule is CCC1CC(C)(C)CCCC1C1=C(OC)CCC=C1OC. The molecule has 0 aromatic rings. The fourth-order valence-corrected chi connectivity index (χ4v) is 4.31. The summed E-state index contributed by atoms with van der Waals surface area (Å²) < 4.78 is 11.4. The molecule has 1 fully saturated rings. The molecular formula is C19H32O2. The molecule has 2 aliphatic rings. The van der Waals surface area contributed by atoms with Crippen LogP contribution in [0.4, 0.5) is 0 Å². The summed E-state index contributed by atoms with van der Waals surface area (Å²) in [4.78, 5) is 0. The number of allylic oxidation sites excluding steroid dienone is 3. The first kappa shape index (κ1) is 16.5. The maximum Gasteiger partial charge on any atom is 0.121 e. The second kappa shape index (κ2) is 6.89. The molecule has 120 valence electrons. The lowest BCUT2D eigenvalue weighted by Crippen LogP contribution is -2.23. The monoisotopic (exact) mass is 292 g/mol. The van der Waals surface area contributed by atoms with E-state index in [1.165, 1.54) is 37.7 Å². The highest BCUT2D eigenvalue weighted by molar-refractivity contribution is 5.35. The molecule has 1 saturated carbocycles. The van der Waals surface area contributed by atoms with E-state index in [2.05, 4.69) is 26.8 Å². The molecule has 2 rings (SSSR count). The number of rotatable bonds is 4. The Morgan fingerprint density at radius 3 is 2.62 bits per heavy atom. The van der Waals surface area contributed by atoms with Crippen molar-refractivity contribution in [3.05, 3.63) is 23.2 Å². The molecule has 0 spiro atoms. The first-order valence-electron chi connectivity index (χ1n) is 8.54. The molecule has 0 aromatic heterocycles. The van der Waals surface area contributed by atoms with Crippen LogP contribution in [-0.2, 0) is 9.47 Å². The lowest BCUT2D eigenvalue weighted by Gasteiger charge is -2.33. The van der Waals surface area contributed by atoms with Gasteiger partial charge in [0.25, 0.3) is 0 Å². The van der Waals surface area contributed by atoms with Gasteiger partial charge < -0.3 is 9.47 Å². The fraction of sp³-hybridized carbons (Fsp3) is 0.789. The topological polar surface area (TPSA) is 18.5 Å². The Morgan fingerprint density at radius 1 is 1.24 bits per heavy atom. The number of hydrogen-bond donors (Lipinski definition) is 0. The highest BCUT2D eigenvalue weighted by Crippen LogP contribution is 2.47. The Hall–Kier alpha value is -0.920. The molecule has 0 N–H and O–H groups in total. The summed E-state index contributed by atoms with van der Waals surface area (Å²) in [7, 11) is 3.61. The Labute approximate surface area is 130 Å². The van der Waals surface area contributed by atoms with E-state index < -0.39 is 0 Å². The van der Waals surface area contributed by atoms with Crippen molar-refractivity contribution in [3.63, 3.8) is 0 Å². The first-order chi connectivity index (χ1) is 10.0. The summed E-state index contributed by atoms with van der Waals surface area (Å²) in [6, 6.07) is 0. The van der Waals surface area contributed by atoms with Crippen LogP contribution >= 0.6 is 0 Å². The molecular weight excluding hydrogens is 260 g/mol. The van der Waals surface area contributed by atoms with Crippen LogP contribution in [0, 0.1) is 17.3 Å². The van der Waals surface area contributed by atoms with E-state index in [0.717, 1.165) is 30.3 Å². The van der Waals surface area contributed by atoms with Crippen LogP contribution in [0.2, 0.25) is 0 Å². The van der Waals surface area contributed by atoms with E-state index in [1.807, 2.05) is 7.11 Å². The van der Waals surface area contributed by atoms with Crippen LogP contribution in [-0.4, -0.2) is 14.2 Å². The van der Waals surface area contributed by atoms with Crippen molar-refractivity contribution in [2.75, 3.05) is 14.2 Å². The predicted molar refractivity (Wildman–Crippen MR) is 87.9 cm³/mol. The Bertz CT molecular complexity index is 417. The van der Waals surface area contributed by atoms with E-state index in [9.17, 15) is 0 Å². The Morgan fingerprint density at radius 2 is 2.00 bits per heavy atom. The van der Waals surface area contributed by atoms with E-state index in [0.29, 0.717) is 11.3 Å². The van der Waals surface area contributed by atoms with E-state index in [4.69, 9.17) is 9.47 Å². The summed E-state index contributed by atoms with van der Waals surface area (Å²) in [5.41, 5.74) is 1.84. The molecule has 21 heavy (non-hydrogen) atoms. The van der Waals surface area contributed by atoms with Gasteiger partial charge in [-0.1, -0.05) is 33.6 Å². The molecule has 0 aromatic carbocycles. The highest BCUT2D eigenvalue weighted by Gasteiger charge is 2.36. The minimum absolute atomic E-state index is 0.467. The van der Waals surface area contributed by atoms with Gasteiger partial charge in [-0.05, 0) is 49.0 Å².